The summed E-state index contributed by atoms with van der Waals surface area (Å²) in [6.07, 6.45) is 0.574. The molecule has 2 amide bonds. The Bertz CT molecular complexity index is 829. The lowest BCUT2D eigenvalue weighted by molar-refractivity contribution is -0.130. The van der Waals surface area contributed by atoms with Crippen LogP contribution in [0, 0.1) is 16.7 Å². The lowest BCUT2D eigenvalue weighted by atomic mass is 9.77. The predicted molar refractivity (Wildman–Crippen MR) is 97.8 cm³/mol. The molecule has 2 aromatic rings. The molecule has 0 aromatic heterocycles. The highest BCUT2D eigenvalue weighted by atomic mass is 16.2. The van der Waals surface area contributed by atoms with Crippen LogP contribution in [0.25, 0.3) is 0 Å². The summed E-state index contributed by atoms with van der Waals surface area (Å²) in [5, 5.41) is 12.7. The van der Waals surface area contributed by atoms with Crippen molar-refractivity contribution in [2.24, 2.45) is 5.41 Å². The Morgan fingerprint density at radius 1 is 1.19 bits per heavy atom. The van der Waals surface area contributed by atoms with Crippen LogP contribution in [0.3, 0.4) is 0 Å². The fourth-order valence-electron chi connectivity index (χ4n) is 3.56. The molecule has 0 radical (unpaired) electrons. The molecule has 2 aromatic carbocycles. The molecule has 0 unspecified atom stereocenters. The van der Waals surface area contributed by atoms with E-state index in [1.165, 1.54) is 4.90 Å². The molecular weight excluding hydrogens is 326 g/mol. The van der Waals surface area contributed by atoms with Gasteiger partial charge in [0.05, 0.1) is 18.5 Å². The fourth-order valence-corrected chi connectivity index (χ4v) is 3.56. The van der Waals surface area contributed by atoms with Crippen molar-refractivity contribution in [3.05, 3.63) is 71.8 Å². The molecule has 5 heteroatoms. The molecule has 1 fully saturated rings. The Balaban J connectivity index is 1.80. The monoisotopic (exact) mass is 347 g/mol. The molecule has 0 aliphatic carbocycles. The molecule has 0 bridgehead atoms. The van der Waals surface area contributed by atoms with Gasteiger partial charge in [-0.2, -0.15) is 5.26 Å². The summed E-state index contributed by atoms with van der Waals surface area (Å²) in [5.41, 5.74) is 0.489. The van der Waals surface area contributed by atoms with Crippen molar-refractivity contribution >= 4 is 11.8 Å². The summed E-state index contributed by atoms with van der Waals surface area (Å²) in [6, 6.07) is 20.7. The second kappa shape index (κ2) is 7.40. The van der Waals surface area contributed by atoms with E-state index in [0.717, 1.165) is 11.1 Å². The summed E-state index contributed by atoms with van der Waals surface area (Å²) in [6.45, 7) is 0.422. The third kappa shape index (κ3) is 3.18. The maximum Gasteiger partial charge on any atom is 0.243 e. The quantitative estimate of drug-likeness (QED) is 0.903. The van der Waals surface area contributed by atoms with E-state index in [0.29, 0.717) is 13.0 Å². The van der Waals surface area contributed by atoms with E-state index in [-0.39, 0.29) is 18.2 Å². The Kier molecular flexibility index (Phi) is 5.04. The van der Waals surface area contributed by atoms with Crippen LogP contribution in [0.15, 0.2) is 60.7 Å². The van der Waals surface area contributed by atoms with Gasteiger partial charge in [0.2, 0.25) is 11.8 Å². The van der Waals surface area contributed by atoms with Crippen LogP contribution in [0.5, 0.6) is 0 Å². The average molecular weight is 347 g/mol. The number of nitriles is 1. The first-order valence-electron chi connectivity index (χ1n) is 8.62. The van der Waals surface area contributed by atoms with Crippen LogP contribution in [0.4, 0.5) is 0 Å². The minimum Gasteiger partial charge on any atom is -0.354 e. The standard InChI is InChI=1S/C21H21N3O2/c1-24-18(25)14-21(15-22,19(24)17-10-6-3-7-11-17)20(26)23-13-12-16-8-4-2-5-9-16/h2-11,19H,12-14H2,1H3,(H,23,26)/t19-,21+/m1/s1. The topological polar surface area (TPSA) is 73.2 Å². The van der Waals surface area contributed by atoms with Gasteiger partial charge in [0.1, 0.15) is 0 Å². The highest BCUT2D eigenvalue weighted by Gasteiger charge is 2.56. The molecule has 132 valence electrons. The van der Waals surface area contributed by atoms with E-state index in [1.807, 2.05) is 60.7 Å². The van der Waals surface area contributed by atoms with E-state index in [1.54, 1.807) is 7.05 Å². The Labute approximate surface area is 153 Å². The molecule has 26 heavy (non-hydrogen) atoms. The van der Waals surface area contributed by atoms with Gasteiger partial charge in [-0.1, -0.05) is 60.7 Å². The van der Waals surface area contributed by atoms with Crippen molar-refractivity contribution in [2.45, 2.75) is 18.9 Å². The van der Waals surface area contributed by atoms with Crippen LogP contribution in [0.2, 0.25) is 0 Å². The minimum absolute atomic E-state index is 0.100. The number of amides is 2. The lowest BCUT2D eigenvalue weighted by Gasteiger charge is -2.30. The Morgan fingerprint density at radius 3 is 2.42 bits per heavy atom. The summed E-state index contributed by atoms with van der Waals surface area (Å²) in [5.74, 6) is -0.582. The van der Waals surface area contributed by atoms with Gasteiger partial charge in [-0.25, -0.2) is 0 Å². The van der Waals surface area contributed by atoms with Gasteiger partial charge in [0.15, 0.2) is 5.41 Å². The number of nitrogens with one attached hydrogen (secondary N) is 1. The minimum atomic E-state index is -1.41. The van der Waals surface area contributed by atoms with E-state index in [2.05, 4.69) is 11.4 Å². The zero-order valence-corrected chi connectivity index (χ0v) is 14.7. The first-order valence-corrected chi connectivity index (χ1v) is 8.62. The van der Waals surface area contributed by atoms with Crippen LogP contribution in [0.1, 0.15) is 23.6 Å². The van der Waals surface area contributed by atoms with Gasteiger partial charge >= 0.3 is 0 Å². The number of nitrogens with zero attached hydrogens (tertiary/aromatic N) is 2. The van der Waals surface area contributed by atoms with Crippen molar-refractivity contribution in [3.63, 3.8) is 0 Å². The van der Waals surface area contributed by atoms with Gasteiger partial charge in [-0.05, 0) is 17.5 Å². The SMILES string of the molecule is CN1C(=O)C[C@@](C#N)(C(=O)NCCc2ccccc2)[C@H]1c1ccccc1. The fraction of sp³-hybridized carbons (Fsp3) is 0.286. The number of benzene rings is 2. The van der Waals surface area contributed by atoms with Crippen molar-refractivity contribution in [1.29, 1.82) is 5.26 Å². The third-order valence-electron chi connectivity index (χ3n) is 4.94. The van der Waals surface area contributed by atoms with Gasteiger partial charge in [0, 0.05) is 13.6 Å². The van der Waals surface area contributed by atoms with Crippen molar-refractivity contribution in [3.8, 4) is 6.07 Å². The lowest BCUT2D eigenvalue weighted by Crippen LogP contribution is -2.44. The second-order valence-corrected chi connectivity index (χ2v) is 6.57. The van der Waals surface area contributed by atoms with Gasteiger partial charge in [0.25, 0.3) is 0 Å². The van der Waals surface area contributed by atoms with Gasteiger partial charge in [-0.15, -0.1) is 0 Å². The van der Waals surface area contributed by atoms with Crippen molar-refractivity contribution in [1.82, 2.24) is 10.2 Å². The van der Waals surface area contributed by atoms with Crippen molar-refractivity contribution < 1.29 is 9.59 Å². The number of carbonyl (C=O) groups excluding carboxylic acids is 2. The second-order valence-electron chi connectivity index (χ2n) is 6.57. The zero-order chi connectivity index (χ0) is 18.6. The normalized spacial score (nSPS) is 22.1. The first kappa shape index (κ1) is 17.7. The summed E-state index contributed by atoms with van der Waals surface area (Å²) >= 11 is 0. The molecular formula is C21H21N3O2. The largest absolute Gasteiger partial charge is 0.354 e. The van der Waals surface area contributed by atoms with E-state index >= 15 is 0 Å². The number of hydrogen-bond donors (Lipinski definition) is 1. The molecule has 1 heterocycles. The summed E-state index contributed by atoms with van der Waals surface area (Å²) < 4.78 is 0. The molecule has 1 N–H and O–H groups in total. The molecule has 5 nitrogen and oxygen atoms in total. The van der Waals surface area contributed by atoms with Crippen LogP contribution >= 0.6 is 0 Å². The number of hydrogen-bond acceptors (Lipinski definition) is 3. The molecule has 2 atom stereocenters. The maximum absolute atomic E-state index is 13.0. The van der Waals surface area contributed by atoms with Crippen LogP contribution < -0.4 is 5.32 Å². The predicted octanol–water partition coefficient (Wildman–Crippen LogP) is 2.46. The molecule has 1 aliphatic rings. The van der Waals surface area contributed by atoms with Gasteiger partial charge < -0.3 is 10.2 Å². The highest BCUT2D eigenvalue weighted by Crippen LogP contribution is 2.46. The van der Waals surface area contributed by atoms with E-state index in [9.17, 15) is 14.9 Å². The molecule has 1 saturated heterocycles. The Morgan fingerprint density at radius 2 is 1.81 bits per heavy atom. The van der Waals surface area contributed by atoms with Crippen LogP contribution in [-0.2, 0) is 16.0 Å². The number of carbonyl (C=O) groups is 2. The Hall–Kier alpha value is -3.13. The number of likely N-dealkylation sites (tertiary alicyclic amines) is 1. The van der Waals surface area contributed by atoms with Gasteiger partial charge in [-0.3, -0.25) is 9.59 Å². The first-order chi connectivity index (χ1) is 12.6. The molecule has 1 aliphatic heterocycles. The van der Waals surface area contributed by atoms with Crippen molar-refractivity contribution in [2.75, 3.05) is 13.6 Å². The molecule has 0 saturated carbocycles. The average Bonchev–Trinajstić information content (AvgIpc) is 2.94. The summed E-state index contributed by atoms with van der Waals surface area (Å²) in [4.78, 5) is 26.8. The van der Waals surface area contributed by atoms with E-state index < -0.39 is 11.5 Å². The van der Waals surface area contributed by atoms with Crippen LogP contribution in [-0.4, -0.2) is 30.3 Å². The number of rotatable bonds is 5. The smallest absolute Gasteiger partial charge is 0.243 e. The highest BCUT2D eigenvalue weighted by molar-refractivity contribution is 5.95. The third-order valence-corrected chi connectivity index (χ3v) is 4.94. The molecule has 0 spiro atoms. The zero-order valence-electron chi connectivity index (χ0n) is 14.7. The molecule has 3 rings (SSSR count). The maximum atomic E-state index is 13.0. The summed E-state index contributed by atoms with van der Waals surface area (Å²) in [7, 11) is 1.65. The van der Waals surface area contributed by atoms with E-state index in [4.69, 9.17) is 0 Å².